The molecule has 3 rings (SSSR count). The summed E-state index contributed by atoms with van der Waals surface area (Å²) in [4.78, 5) is 16.9. The number of carbonyl (C=O) groups excluding carboxylic acids is 1. The summed E-state index contributed by atoms with van der Waals surface area (Å²) >= 11 is 1.78. The summed E-state index contributed by atoms with van der Waals surface area (Å²) in [6.45, 7) is 6.30. The summed E-state index contributed by atoms with van der Waals surface area (Å²) in [5, 5.41) is 9.84. The normalized spacial score (nSPS) is 13.4. The number of hydrogen-bond donors (Lipinski definition) is 1. The van der Waals surface area contributed by atoms with Gasteiger partial charge in [0.2, 0.25) is 0 Å². The number of carbonyl (C=O) groups is 1. The predicted octanol–water partition coefficient (Wildman–Crippen LogP) is 7.00. The van der Waals surface area contributed by atoms with E-state index in [0.29, 0.717) is 0 Å². The molecule has 0 spiro atoms. The molecule has 0 saturated heterocycles. The lowest BCUT2D eigenvalue weighted by Gasteiger charge is -2.33. The zero-order valence-electron chi connectivity index (χ0n) is 18.4. The second kappa shape index (κ2) is 10.3. The maximum Gasteiger partial charge on any atom is 0.186 e. The second-order valence-electron chi connectivity index (χ2n) is 8.47. The van der Waals surface area contributed by atoms with Crippen molar-refractivity contribution >= 4 is 35.0 Å². The van der Waals surface area contributed by atoms with Crippen LogP contribution in [0.25, 0.3) is 6.08 Å². The van der Waals surface area contributed by atoms with Gasteiger partial charge in [0.05, 0.1) is 11.4 Å². The average molecular weight is 424 g/mol. The van der Waals surface area contributed by atoms with Crippen LogP contribution in [0, 0.1) is 0 Å². The van der Waals surface area contributed by atoms with Crippen LogP contribution in [0.4, 0.5) is 11.4 Å². The van der Waals surface area contributed by atoms with Crippen molar-refractivity contribution in [1.82, 2.24) is 0 Å². The van der Waals surface area contributed by atoms with Gasteiger partial charge in [0.25, 0.3) is 0 Å². The average Bonchev–Trinajstić information content (AvgIpc) is 2.72. The maximum atomic E-state index is 12.0. The fourth-order valence-corrected chi connectivity index (χ4v) is 4.76. The van der Waals surface area contributed by atoms with Gasteiger partial charge < -0.3 is 10.0 Å². The molecule has 0 saturated carbocycles. The van der Waals surface area contributed by atoms with Gasteiger partial charge in [0, 0.05) is 16.3 Å². The Labute approximate surface area is 185 Å². The number of anilines is 2. The Morgan fingerprint density at radius 1 is 1.00 bits per heavy atom. The number of nitrogens with zero attached hydrogens (tertiary/aromatic N) is 1. The van der Waals surface area contributed by atoms with Gasteiger partial charge in [0.15, 0.2) is 5.78 Å². The Bertz CT molecular complexity index is 898. The third kappa shape index (κ3) is 5.77. The molecule has 0 aromatic heterocycles. The van der Waals surface area contributed by atoms with E-state index in [1.165, 1.54) is 79.6 Å². The Morgan fingerprint density at radius 2 is 1.70 bits per heavy atom. The molecule has 4 heteroatoms. The lowest BCUT2D eigenvalue weighted by Crippen LogP contribution is -2.29. The van der Waals surface area contributed by atoms with Gasteiger partial charge in [-0.15, -0.1) is 0 Å². The Balaban J connectivity index is 1.77. The Kier molecular flexibility index (Phi) is 7.79. The van der Waals surface area contributed by atoms with E-state index in [4.69, 9.17) is 0 Å². The van der Waals surface area contributed by atoms with Crippen LogP contribution in [-0.4, -0.2) is 23.0 Å². The third-order valence-electron chi connectivity index (χ3n) is 5.42. The first-order valence-corrected chi connectivity index (χ1v) is 11.8. The molecule has 0 fully saturated rings. The molecule has 1 N–H and O–H groups in total. The van der Waals surface area contributed by atoms with Crippen molar-refractivity contribution in [3.05, 3.63) is 54.1 Å². The van der Waals surface area contributed by atoms with Crippen LogP contribution in [0.1, 0.15) is 64.9 Å². The Morgan fingerprint density at radius 3 is 2.47 bits per heavy atom. The van der Waals surface area contributed by atoms with Crippen molar-refractivity contribution in [1.29, 1.82) is 0 Å². The van der Waals surface area contributed by atoms with Gasteiger partial charge in [-0.2, -0.15) is 0 Å². The number of benzene rings is 2. The van der Waals surface area contributed by atoms with Crippen molar-refractivity contribution < 1.29 is 9.90 Å². The summed E-state index contributed by atoms with van der Waals surface area (Å²) < 4.78 is 0. The van der Waals surface area contributed by atoms with Gasteiger partial charge in [-0.3, -0.25) is 4.79 Å². The summed E-state index contributed by atoms with van der Waals surface area (Å²) in [5.74, 6) is -0.289. The molecule has 1 aliphatic heterocycles. The molecule has 1 aliphatic rings. The van der Waals surface area contributed by atoms with Crippen LogP contribution in [0.2, 0.25) is 0 Å². The lowest BCUT2D eigenvalue weighted by molar-refractivity contribution is -0.128. The molecule has 0 amide bonds. The van der Waals surface area contributed by atoms with Gasteiger partial charge in [-0.25, -0.2) is 0 Å². The van der Waals surface area contributed by atoms with Crippen LogP contribution < -0.4 is 4.90 Å². The topological polar surface area (TPSA) is 40.5 Å². The van der Waals surface area contributed by atoms with Gasteiger partial charge in [-0.05, 0) is 56.2 Å². The maximum absolute atomic E-state index is 12.0. The zero-order valence-corrected chi connectivity index (χ0v) is 19.2. The molecule has 0 radical (unpaired) electrons. The summed E-state index contributed by atoms with van der Waals surface area (Å²) in [6.07, 6.45) is 11.0. The minimum absolute atomic E-state index is 0.289. The predicted molar refractivity (Wildman–Crippen MR) is 128 cm³/mol. The number of rotatable bonds is 10. The minimum Gasteiger partial charge on any atom is -0.382 e. The van der Waals surface area contributed by atoms with Crippen molar-refractivity contribution in [3.63, 3.8) is 0 Å². The molecule has 0 atom stereocenters. The molecule has 30 heavy (non-hydrogen) atoms. The molecule has 0 aliphatic carbocycles. The van der Waals surface area contributed by atoms with E-state index < -0.39 is 5.60 Å². The van der Waals surface area contributed by atoms with E-state index in [0.717, 1.165) is 12.1 Å². The number of ketones is 1. The van der Waals surface area contributed by atoms with Gasteiger partial charge >= 0.3 is 0 Å². The molecule has 0 bridgehead atoms. The lowest BCUT2D eigenvalue weighted by atomic mass is 10.0. The van der Waals surface area contributed by atoms with E-state index in [1.807, 2.05) is 0 Å². The van der Waals surface area contributed by atoms with Crippen LogP contribution in [-0.2, 0) is 4.79 Å². The quantitative estimate of drug-likeness (QED) is 0.330. The molecule has 2 aromatic rings. The van der Waals surface area contributed by atoms with Crippen LogP contribution in [0.5, 0.6) is 0 Å². The number of aliphatic hydroxyl groups is 1. The molecule has 3 nitrogen and oxygen atoms in total. The fourth-order valence-electron chi connectivity index (χ4n) is 3.62. The highest BCUT2D eigenvalue weighted by Crippen LogP contribution is 2.48. The highest BCUT2D eigenvalue weighted by molar-refractivity contribution is 7.99. The number of para-hydroxylation sites is 1. The Hall–Kier alpha value is -2.04. The first-order chi connectivity index (χ1) is 14.4. The first kappa shape index (κ1) is 22.6. The van der Waals surface area contributed by atoms with E-state index in [9.17, 15) is 9.90 Å². The van der Waals surface area contributed by atoms with E-state index in [-0.39, 0.29) is 5.78 Å². The van der Waals surface area contributed by atoms with Crippen molar-refractivity contribution in [2.75, 3.05) is 11.4 Å². The first-order valence-electron chi connectivity index (χ1n) is 11.0. The standard InChI is InChI=1S/C26H33NO2S/c1-4-5-6-7-8-11-18-27-21-12-9-10-13-23(21)30-24-19-20(14-16-22(24)27)15-17-25(28)26(2,3)29/h9-10,12-17,19,29H,4-8,11,18H2,1-3H3. The van der Waals surface area contributed by atoms with Crippen molar-refractivity contribution in [2.45, 2.75) is 74.7 Å². The zero-order chi connectivity index (χ0) is 21.6. The highest BCUT2D eigenvalue weighted by Gasteiger charge is 2.23. The van der Waals surface area contributed by atoms with E-state index in [1.54, 1.807) is 17.8 Å². The third-order valence-corrected chi connectivity index (χ3v) is 6.53. The summed E-state index contributed by atoms with van der Waals surface area (Å²) in [6, 6.07) is 14.9. The van der Waals surface area contributed by atoms with E-state index in [2.05, 4.69) is 54.3 Å². The number of hydrogen-bond acceptors (Lipinski definition) is 4. The molecule has 1 heterocycles. The molecule has 2 aromatic carbocycles. The van der Waals surface area contributed by atoms with Crippen molar-refractivity contribution in [3.8, 4) is 0 Å². The highest BCUT2D eigenvalue weighted by atomic mass is 32.2. The van der Waals surface area contributed by atoms with Crippen LogP contribution in [0.15, 0.2) is 58.3 Å². The summed E-state index contributed by atoms with van der Waals surface area (Å²) in [5.41, 5.74) is 2.15. The molecular weight excluding hydrogens is 390 g/mol. The SMILES string of the molecule is CCCCCCCCN1c2ccccc2Sc2cc(C=CC(=O)C(C)(C)O)ccc21. The number of fused-ring (bicyclic) bond motifs is 2. The van der Waals surface area contributed by atoms with Crippen LogP contribution >= 0.6 is 11.8 Å². The van der Waals surface area contributed by atoms with Gasteiger partial charge in [-0.1, -0.05) is 75.1 Å². The second-order valence-corrected chi connectivity index (χ2v) is 9.56. The van der Waals surface area contributed by atoms with Crippen LogP contribution in [0.3, 0.4) is 0 Å². The van der Waals surface area contributed by atoms with Crippen molar-refractivity contribution in [2.24, 2.45) is 0 Å². The van der Waals surface area contributed by atoms with Gasteiger partial charge in [0.1, 0.15) is 5.60 Å². The fraction of sp³-hybridized carbons (Fsp3) is 0.423. The largest absolute Gasteiger partial charge is 0.382 e. The summed E-state index contributed by atoms with van der Waals surface area (Å²) in [7, 11) is 0. The molecule has 160 valence electrons. The molecule has 0 unspecified atom stereocenters. The monoisotopic (exact) mass is 423 g/mol. The smallest absolute Gasteiger partial charge is 0.186 e. The minimum atomic E-state index is -1.34. The number of unbranched alkanes of at least 4 members (excludes halogenated alkanes) is 5. The van der Waals surface area contributed by atoms with E-state index >= 15 is 0 Å². The molecular formula is C26H33NO2S.